The molecule has 1 saturated heterocycles. The monoisotopic (exact) mass is 288 g/mol. The molecule has 0 aliphatic carbocycles. The third-order valence-corrected chi connectivity index (χ3v) is 4.61. The lowest BCUT2D eigenvalue weighted by atomic mass is 9.86. The molecule has 0 bridgehead atoms. The van der Waals surface area contributed by atoms with Gasteiger partial charge in [-0.15, -0.1) is 0 Å². The summed E-state index contributed by atoms with van der Waals surface area (Å²) in [5, 5.41) is 0. The molecule has 1 aromatic carbocycles. The van der Waals surface area contributed by atoms with E-state index in [1.807, 2.05) is 30.9 Å². The number of morpholine rings is 1. The van der Waals surface area contributed by atoms with Gasteiger partial charge in [-0.25, -0.2) is 0 Å². The highest BCUT2D eigenvalue weighted by Gasteiger charge is 2.43. The first-order valence-corrected chi connectivity index (χ1v) is 7.82. The smallest absolute Gasteiger partial charge is 0.237 e. The van der Waals surface area contributed by atoms with Gasteiger partial charge in [0, 0.05) is 31.9 Å². The number of amides is 1. The number of nitrogens with zero attached hydrogens (tertiary/aromatic N) is 2. The van der Waals surface area contributed by atoms with Crippen LogP contribution in [0.5, 0.6) is 0 Å². The minimum atomic E-state index is -0.393. The van der Waals surface area contributed by atoms with Crippen LogP contribution in [-0.2, 0) is 14.9 Å². The van der Waals surface area contributed by atoms with Gasteiger partial charge >= 0.3 is 0 Å². The van der Waals surface area contributed by atoms with Gasteiger partial charge in [-0.05, 0) is 31.9 Å². The molecule has 114 valence electrons. The second-order valence-electron chi connectivity index (χ2n) is 6.41. The second kappa shape index (κ2) is 5.78. The van der Waals surface area contributed by atoms with E-state index < -0.39 is 5.41 Å². The van der Waals surface area contributed by atoms with Crippen LogP contribution in [0, 0.1) is 0 Å². The zero-order chi connectivity index (χ0) is 14.9. The van der Waals surface area contributed by atoms with Crippen LogP contribution in [0.25, 0.3) is 0 Å². The van der Waals surface area contributed by atoms with Crippen LogP contribution in [0.15, 0.2) is 24.3 Å². The summed E-state index contributed by atoms with van der Waals surface area (Å²) in [5.74, 6) is 0.227. The molecule has 0 unspecified atom stereocenters. The number of carbonyl (C=O) groups is 1. The second-order valence-corrected chi connectivity index (χ2v) is 6.41. The van der Waals surface area contributed by atoms with Gasteiger partial charge in [0.05, 0.1) is 18.6 Å². The average Bonchev–Trinajstić information content (AvgIpc) is 2.70. The number of hydrogen-bond acceptors (Lipinski definition) is 3. The Bertz CT molecular complexity index is 521. The number of para-hydroxylation sites is 1. The molecular weight excluding hydrogens is 264 g/mol. The van der Waals surface area contributed by atoms with Crippen molar-refractivity contribution < 1.29 is 9.53 Å². The van der Waals surface area contributed by atoms with Gasteiger partial charge in [-0.2, -0.15) is 0 Å². The normalized spacial score (nSPS) is 21.6. The van der Waals surface area contributed by atoms with Crippen LogP contribution in [0.1, 0.15) is 25.8 Å². The first-order valence-electron chi connectivity index (χ1n) is 7.82. The molecular formula is C17H24N2O2. The molecule has 0 aromatic heterocycles. The van der Waals surface area contributed by atoms with Crippen LogP contribution < -0.4 is 4.90 Å². The van der Waals surface area contributed by atoms with Crippen LogP contribution in [0.3, 0.4) is 0 Å². The Morgan fingerprint density at radius 2 is 1.86 bits per heavy atom. The van der Waals surface area contributed by atoms with Gasteiger partial charge in [0.15, 0.2) is 0 Å². The highest BCUT2D eigenvalue weighted by molar-refractivity contribution is 6.07. The number of ether oxygens (including phenoxy) is 1. The lowest BCUT2D eigenvalue weighted by molar-refractivity contribution is -0.122. The maximum absolute atomic E-state index is 12.7. The van der Waals surface area contributed by atoms with E-state index >= 15 is 0 Å². The van der Waals surface area contributed by atoms with Gasteiger partial charge in [0.25, 0.3) is 0 Å². The molecule has 1 fully saturated rings. The quantitative estimate of drug-likeness (QED) is 0.850. The number of anilines is 1. The first-order chi connectivity index (χ1) is 10.1. The topological polar surface area (TPSA) is 32.8 Å². The van der Waals surface area contributed by atoms with Crippen LogP contribution in [0.4, 0.5) is 5.69 Å². The van der Waals surface area contributed by atoms with Crippen molar-refractivity contribution in [1.29, 1.82) is 0 Å². The zero-order valence-electron chi connectivity index (χ0n) is 13.0. The van der Waals surface area contributed by atoms with E-state index in [1.165, 1.54) is 0 Å². The molecule has 1 aromatic rings. The predicted octanol–water partition coefficient (Wildman–Crippen LogP) is 2.03. The molecule has 0 atom stereocenters. The van der Waals surface area contributed by atoms with Crippen LogP contribution in [0.2, 0.25) is 0 Å². The highest BCUT2D eigenvalue weighted by Crippen LogP contribution is 2.41. The highest BCUT2D eigenvalue weighted by atomic mass is 16.5. The van der Waals surface area contributed by atoms with Crippen molar-refractivity contribution in [3.63, 3.8) is 0 Å². The number of fused-ring (bicyclic) bond motifs is 1. The minimum Gasteiger partial charge on any atom is -0.379 e. The average molecular weight is 288 g/mol. The summed E-state index contributed by atoms with van der Waals surface area (Å²) in [5.41, 5.74) is 1.85. The number of hydrogen-bond donors (Lipinski definition) is 0. The molecule has 0 saturated carbocycles. The molecule has 21 heavy (non-hydrogen) atoms. The van der Waals surface area contributed by atoms with Crippen molar-refractivity contribution in [1.82, 2.24) is 4.90 Å². The van der Waals surface area contributed by atoms with Gasteiger partial charge in [0.1, 0.15) is 0 Å². The van der Waals surface area contributed by atoms with E-state index in [0.717, 1.165) is 57.1 Å². The van der Waals surface area contributed by atoms with Crippen molar-refractivity contribution in [3.05, 3.63) is 29.8 Å². The lowest BCUT2D eigenvalue weighted by Gasteiger charge is -2.27. The molecule has 2 heterocycles. The molecule has 4 nitrogen and oxygen atoms in total. The van der Waals surface area contributed by atoms with E-state index in [-0.39, 0.29) is 5.91 Å². The molecule has 0 N–H and O–H groups in total. The molecule has 2 aliphatic heterocycles. The Balaban J connectivity index is 1.64. The maximum Gasteiger partial charge on any atom is 0.237 e. The molecule has 1 amide bonds. The van der Waals surface area contributed by atoms with E-state index in [9.17, 15) is 4.79 Å². The Hall–Kier alpha value is -1.39. The minimum absolute atomic E-state index is 0.227. The third-order valence-electron chi connectivity index (χ3n) is 4.61. The predicted molar refractivity (Wildman–Crippen MR) is 83.7 cm³/mol. The summed E-state index contributed by atoms with van der Waals surface area (Å²) in [4.78, 5) is 17.0. The summed E-state index contributed by atoms with van der Waals surface area (Å²) in [7, 11) is 0. The van der Waals surface area contributed by atoms with E-state index in [1.54, 1.807) is 0 Å². The number of carbonyl (C=O) groups excluding carboxylic acids is 1. The summed E-state index contributed by atoms with van der Waals surface area (Å²) < 4.78 is 5.36. The Kier molecular flexibility index (Phi) is 4.00. The summed E-state index contributed by atoms with van der Waals surface area (Å²) in [6, 6.07) is 8.18. The molecule has 2 aliphatic rings. The standard InChI is InChI=1S/C17H24N2O2/c1-17(2)14-6-3-4-7-15(14)19(16(17)20)9-5-8-18-10-12-21-13-11-18/h3-4,6-7H,5,8-13H2,1-2H3. The van der Waals surface area contributed by atoms with Crippen LogP contribution >= 0.6 is 0 Å². The van der Waals surface area contributed by atoms with Crippen molar-refractivity contribution >= 4 is 11.6 Å². The number of benzene rings is 1. The summed E-state index contributed by atoms with van der Waals surface area (Å²) in [6.07, 6.45) is 1.01. The fraction of sp³-hybridized carbons (Fsp3) is 0.588. The Morgan fingerprint density at radius 3 is 2.62 bits per heavy atom. The first kappa shape index (κ1) is 14.5. The fourth-order valence-electron chi connectivity index (χ4n) is 3.30. The van der Waals surface area contributed by atoms with E-state index in [4.69, 9.17) is 4.74 Å². The molecule has 3 rings (SSSR count). The van der Waals surface area contributed by atoms with Crippen LogP contribution in [-0.4, -0.2) is 50.2 Å². The van der Waals surface area contributed by atoms with Crippen molar-refractivity contribution in [2.45, 2.75) is 25.7 Å². The Labute approximate surface area is 126 Å². The van der Waals surface area contributed by atoms with E-state index in [2.05, 4.69) is 17.0 Å². The van der Waals surface area contributed by atoms with Crippen molar-refractivity contribution in [2.75, 3.05) is 44.3 Å². The van der Waals surface area contributed by atoms with Crippen molar-refractivity contribution in [3.8, 4) is 0 Å². The van der Waals surface area contributed by atoms with E-state index in [0.29, 0.717) is 0 Å². The third kappa shape index (κ3) is 2.70. The van der Waals surface area contributed by atoms with Gasteiger partial charge in [0.2, 0.25) is 5.91 Å². The van der Waals surface area contributed by atoms with Gasteiger partial charge in [-0.3, -0.25) is 9.69 Å². The molecule has 0 spiro atoms. The molecule has 0 radical (unpaired) electrons. The van der Waals surface area contributed by atoms with Gasteiger partial charge < -0.3 is 9.64 Å². The summed E-state index contributed by atoms with van der Waals surface area (Å²) in [6.45, 7) is 9.57. The van der Waals surface area contributed by atoms with Crippen molar-refractivity contribution in [2.24, 2.45) is 0 Å². The largest absolute Gasteiger partial charge is 0.379 e. The number of rotatable bonds is 4. The van der Waals surface area contributed by atoms with Gasteiger partial charge in [-0.1, -0.05) is 18.2 Å². The molecule has 4 heteroatoms. The zero-order valence-corrected chi connectivity index (χ0v) is 13.0. The summed E-state index contributed by atoms with van der Waals surface area (Å²) >= 11 is 0. The lowest BCUT2D eigenvalue weighted by Crippen LogP contribution is -2.40. The fourth-order valence-corrected chi connectivity index (χ4v) is 3.30. The Morgan fingerprint density at radius 1 is 1.14 bits per heavy atom. The maximum atomic E-state index is 12.7. The SMILES string of the molecule is CC1(C)C(=O)N(CCCN2CCOCC2)c2ccccc21.